The van der Waals surface area contributed by atoms with E-state index in [0.717, 1.165) is 16.6 Å². The fraction of sp³-hybridized carbons (Fsp3) is 0.381. The Balaban J connectivity index is 1.97. The summed E-state index contributed by atoms with van der Waals surface area (Å²) in [5.41, 5.74) is 2.06. The molecule has 1 amide bonds. The lowest BCUT2D eigenvalue weighted by Gasteiger charge is -2.23. The molecule has 3 aromatic rings. The van der Waals surface area contributed by atoms with E-state index in [0.29, 0.717) is 11.3 Å². The SMILES string of the molecule is CC(C)Nc1c(C(=O)NC[C@@H](F)C(C)(C)O)cnn2cc(-c3ccncc3)cc12. The van der Waals surface area contributed by atoms with Crippen molar-refractivity contribution in [1.82, 2.24) is 19.9 Å². The summed E-state index contributed by atoms with van der Waals surface area (Å²) in [6, 6.07) is 5.81. The molecular weight excluding hydrogens is 373 g/mol. The molecule has 0 radical (unpaired) electrons. The molecule has 3 aromatic heterocycles. The number of nitrogens with zero attached hydrogens (tertiary/aromatic N) is 3. The van der Waals surface area contributed by atoms with Gasteiger partial charge >= 0.3 is 0 Å². The highest BCUT2D eigenvalue weighted by atomic mass is 19.1. The summed E-state index contributed by atoms with van der Waals surface area (Å²) in [4.78, 5) is 16.8. The van der Waals surface area contributed by atoms with Crippen LogP contribution in [-0.2, 0) is 0 Å². The summed E-state index contributed by atoms with van der Waals surface area (Å²) >= 11 is 0. The van der Waals surface area contributed by atoms with Gasteiger partial charge in [-0.05, 0) is 51.5 Å². The molecule has 1 atom stereocenters. The zero-order valence-corrected chi connectivity index (χ0v) is 17.0. The number of pyridine rings is 1. The third-order valence-electron chi connectivity index (χ3n) is 4.54. The van der Waals surface area contributed by atoms with E-state index in [2.05, 4.69) is 20.7 Å². The summed E-state index contributed by atoms with van der Waals surface area (Å²) in [6.07, 6.45) is 5.18. The largest absolute Gasteiger partial charge is 0.387 e. The van der Waals surface area contributed by atoms with Crippen molar-refractivity contribution >= 4 is 17.1 Å². The first kappa shape index (κ1) is 20.7. The van der Waals surface area contributed by atoms with Gasteiger partial charge in [0, 0.05) is 30.2 Å². The van der Waals surface area contributed by atoms with E-state index in [4.69, 9.17) is 0 Å². The van der Waals surface area contributed by atoms with Gasteiger partial charge in [-0.15, -0.1) is 0 Å². The van der Waals surface area contributed by atoms with Crippen molar-refractivity contribution in [1.29, 1.82) is 0 Å². The van der Waals surface area contributed by atoms with Crippen molar-refractivity contribution < 1.29 is 14.3 Å². The van der Waals surface area contributed by atoms with Crippen LogP contribution >= 0.6 is 0 Å². The van der Waals surface area contributed by atoms with Gasteiger partial charge < -0.3 is 15.7 Å². The van der Waals surface area contributed by atoms with Crippen LogP contribution in [0.5, 0.6) is 0 Å². The standard InChI is InChI=1S/C21H26FN5O2/c1-13(2)26-19-16(20(28)24-11-18(22)21(3,4)29)10-25-27-12-15(9-17(19)27)14-5-7-23-8-6-14/h5-10,12-13,18,26,29H,11H2,1-4H3,(H,24,28)/t18-/m1/s1. The summed E-state index contributed by atoms with van der Waals surface area (Å²) in [5.74, 6) is -0.457. The second-order valence-corrected chi connectivity index (χ2v) is 7.86. The molecule has 3 N–H and O–H groups in total. The molecule has 0 unspecified atom stereocenters. The van der Waals surface area contributed by atoms with Crippen molar-refractivity contribution in [2.75, 3.05) is 11.9 Å². The first-order chi connectivity index (χ1) is 13.7. The number of carbonyl (C=O) groups excluding carboxylic acids is 1. The molecule has 3 rings (SSSR count). The summed E-state index contributed by atoms with van der Waals surface area (Å²) < 4.78 is 15.7. The van der Waals surface area contributed by atoms with Gasteiger partial charge in [-0.2, -0.15) is 5.10 Å². The molecule has 0 aliphatic heterocycles. The van der Waals surface area contributed by atoms with Crippen molar-refractivity contribution in [3.63, 3.8) is 0 Å². The number of amides is 1. The minimum atomic E-state index is -1.59. The van der Waals surface area contributed by atoms with Crippen molar-refractivity contribution in [3.8, 4) is 11.1 Å². The van der Waals surface area contributed by atoms with Gasteiger partial charge in [-0.25, -0.2) is 8.91 Å². The topological polar surface area (TPSA) is 91.5 Å². The lowest BCUT2D eigenvalue weighted by atomic mass is 10.0. The van der Waals surface area contributed by atoms with Gasteiger partial charge in [0.2, 0.25) is 0 Å². The fourth-order valence-electron chi connectivity index (χ4n) is 2.90. The predicted octanol–water partition coefficient (Wildman–Crippen LogP) is 3.06. The molecule has 8 heteroatoms. The molecule has 154 valence electrons. The highest BCUT2D eigenvalue weighted by Crippen LogP contribution is 2.28. The number of anilines is 1. The molecule has 3 heterocycles. The maximum absolute atomic E-state index is 14.0. The molecule has 29 heavy (non-hydrogen) atoms. The number of alkyl halides is 1. The van der Waals surface area contributed by atoms with E-state index in [-0.39, 0.29) is 12.6 Å². The molecular formula is C21H26FN5O2. The van der Waals surface area contributed by atoms with Gasteiger partial charge in [-0.3, -0.25) is 9.78 Å². The van der Waals surface area contributed by atoms with Gasteiger partial charge in [0.25, 0.3) is 5.91 Å². The number of fused-ring (bicyclic) bond motifs is 1. The molecule has 0 fully saturated rings. The maximum Gasteiger partial charge on any atom is 0.255 e. The molecule has 0 aliphatic rings. The van der Waals surface area contributed by atoms with Crippen LogP contribution in [0.25, 0.3) is 16.6 Å². The van der Waals surface area contributed by atoms with Crippen LogP contribution in [-0.4, -0.2) is 50.0 Å². The van der Waals surface area contributed by atoms with E-state index >= 15 is 0 Å². The van der Waals surface area contributed by atoms with E-state index in [1.54, 1.807) is 16.9 Å². The zero-order chi connectivity index (χ0) is 21.2. The number of aliphatic hydroxyl groups is 1. The summed E-state index contributed by atoms with van der Waals surface area (Å²) in [6.45, 7) is 6.38. The Hall–Kier alpha value is -3.00. The van der Waals surface area contributed by atoms with Gasteiger partial charge in [0.1, 0.15) is 6.17 Å². The number of aromatic nitrogens is 3. The Morgan fingerprint density at radius 3 is 2.59 bits per heavy atom. The normalized spacial score (nSPS) is 12.9. The Morgan fingerprint density at radius 2 is 1.97 bits per heavy atom. The van der Waals surface area contributed by atoms with Crippen molar-refractivity contribution in [2.45, 2.75) is 45.5 Å². The highest BCUT2D eigenvalue weighted by Gasteiger charge is 2.27. The first-order valence-electron chi connectivity index (χ1n) is 9.49. The van der Waals surface area contributed by atoms with Crippen LogP contribution in [0.3, 0.4) is 0 Å². The molecule has 7 nitrogen and oxygen atoms in total. The fourth-order valence-corrected chi connectivity index (χ4v) is 2.90. The summed E-state index contributed by atoms with van der Waals surface area (Å²) in [5, 5.41) is 19.9. The minimum Gasteiger partial charge on any atom is -0.387 e. The Bertz CT molecular complexity index is 995. The average molecular weight is 399 g/mol. The third-order valence-corrected chi connectivity index (χ3v) is 4.54. The van der Waals surface area contributed by atoms with Crippen molar-refractivity contribution in [2.24, 2.45) is 0 Å². The molecule has 0 saturated heterocycles. The first-order valence-corrected chi connectivity index (χ1v) is 9.49. The summed E-state index contributed by atoms with van der Waals surface area (Å²) in [7, 11) is 0. The molecule has 0 aromatic carbocycles. The molecule has 0 bridgehead atoms. The number of nitrogens with one attached hydrogen (secondary N) is 2. The highest BCUT2D eigenvalue weighted by molar-refractivity contribution is 6.03. The van der Waals surface area contributed by atoms with Crippen LogP contribution in [0.1, 0.15) is 38.1 Å². The molecule has 0 saturated carbocycles. The lowest BCUT2D eigenvalue weighted by molar-refractivity contribution is -0.00177. The smallest absolute Gasteiger partial charge is 0.255 e. The van der Waals surface area contributed by atoms with Gasteiger partial charge in [-0.1, -0.05) is 0 Å². The minimum absolute atomic E-state index is 0.0670. The van der Waals surface area contributed by atoms with E-state index in [1.807, 2.05) is 38.2 Å². The van der Waals surface area contributed by atoms with Gasteiger partial charge in [0.15, 0.2) is 0 Å². The van der Waals surface area contributed by atoms with E-state index in [1.165, 1.54) is 20.0 Å². The number of carbonyl (C=O) groups is 1. The number of hydrogen-bond donors (Lipinski definition) is 3. The Morgan fingerprint density at radius 1 is 1.28 bits per heavy atom. The second kappa shape index (κ2) is 8.16. The maximum atomic E-state index is 14.0. The van der Waals surface area contributed by atoms with E-state index < -0.39 is 17.7 Å². The number of hydrogen-bond acceptors (Lipinski definition) is 5. The Labute approximate surface area is 169 Å². The van der Waals surface area contributed by atoms with Crippen LogP contribution in [0.2, 0.25) is 0 Å². The monoisotopic (exact) mass is 399 g/mol. The Kier molecular flexibility index (Phi) is 5.83. The third kappa shape index (κ3) is 4.71. The van der Waals surface area contributed by atoms with Gasteiger partial charge in [0.05, 0.1) is 35.1 Å². The van der Waals surface area contributed by atoms with Crippen LogP contribution in [0.15, 0.2) is 43.0 Å². The predicted molar refractivity (Wildman–Crippen MR) is 111 cm³/mol. The number of halogens is 1. The average Bonchev–Trinajstić information content (AvgIpc) is 3.10. The second-order valence-electron chi connectivity index (χ2n) is 7.86. The lowest BCUT2D eigenvalue weighted by Crippen LogP contribution is -2.42. The quantitative estimate of drug-likeness (QED) is 0.568. The zero-order valence-electron chi connectivity index (χ0n) is 17.0. The van der Waals surface area contributed by atoms with Crippen LogP contribution in [0, 0.1) is 0 Å². The van der Waals surface area contributed by atoms with Crippen molar-refractivity contribution in [3.05, 3.63) is 48.5 Å². The number of rotatable bonds is 7. The molecule has 0 aliphatic carbocycles. The van der Waals surface area contributed by atoms with E-state index in [9.17, 15) is 14.3 Å². The van der Waals surface area contributed by atoms with Crippen LogP contribution in [0.4, 0.5) is 10.1 Å². The molecule has 0 spiro atoms. The van der Waals surface area contributed by atoms with Crippen LogP contribution < -0.4 is 10.6 Å².